The van der Waals surface area contributed by atoms with Crippen molar-refractivity contribution in [3.8, 4) is 0 Å². The zero-order valence-corrected chi connectivity index (χ0v) is 11.7. The third-order valence-electron chi connectivity index (χ3n) is 2.59. The van der Waals surface area contributed by atoms with Crippen molar-refractivity contribution < 1.29 is 4.92 Å². The van der Waals surface area contributed by atoms with Crippen LogP contribution < -0.4 is 0 Å². The van der Waals surface area contributed by atoms with Crippen LogP contribution in [-0.4, -0.2) is 14.7 Å². The Balaban J connectivity index is 3.10. The van der Waals surface area contributed by atoms with E-state index in [-0.39, 0.29) is 11.6 Å². The molecule has 0 atom stereocenters. The van der Waals surface area contributed by atoms with E-state index in [0.29, 0.717) is 0 Å². The molecule has 0 aliphatic carbocycles. The largest absolute Gasteiger partial charge is 0.259 e. The highest BCUT2D eigenvalue weighted by atomic mass is 16.6. The summed E-state index contributed by atoms with van der Waals surface area (Å²) in [7, 11) is 0. The second kappa shape index (κ2) is 6.68. The standard InChI is InChI=1S/C14H19N3O2/c1-5-6-13-9-10-16(15-13)14(11(2)3)8-7-12(4)17(18)19/h5-11H,1-4H3/b6-5-,12-7+,14-8+. The van der Waals surface area contributed by atoms with Crippen molar-refractivity contribution in [1.82, 2.24) is 9.78 Å². The first-order valence-electron chi connectivity index (χ1n) is 6.17. The molecule has 102 valence electrons. The van der Waals surface area contributed by atoms with Crippen LogP contribution in [0.5, 0.6) is 0 Å². The minimum absolute atomic E-state index is 0.110. The van der Waals surface area contributed by atoms with E-state index in [2.05, 4.69) is 5.10 Å². The molecule has 0 aliphatic heterocycles. The maximum atomic E-state index is 10.6. The van der Waals surface area contributed by atoms with Crippen molar-refractivity contribution in [2.75, 3.05) is 0 Å². The SMILES string of the molecule is C/C=C\c1ccn(/C(=C/C=C(\C)[N+](=O)[O-])C(C)C)n1. The highest BCUT2D eigenvalue weighted by Crippen LogP contribution is 2.16. The summed E-state index contributed by atoms with van der Waals surface area (Å²) in [5.74, 6) is 0.217. The minimum atomic E-state index is -0.400. The van der Waals surface area contributed by atoms with Crippen LogP contribution in [0.4, 0.5) is 0 Å². The van der Waals surface area contributed by atoms with Crippen molar-refractivity contribution in [3.05, 3.63) is 52.0 Å². The molecule has 5 nitrogen and oxygen atoms in total. The first-order valence-corrected chi connectivity index (χ1v) is 6.17. The smallest absolute Gasteiger partial charge is 0.243 e. The molecule has 0 aliphatic rings. The molecule has 5 heteroatoms. The fraction of sp³-hybridized carbons (Fsp3) is 0.357. The highest BCUT2D eigenvalue weighted by Gasteiger charge is 2.08. The summed E-state index contributed by atoms with van der Waals surface area (Å²) in [6.07, 6.45) is 8.94. The zero-order chi connectivity index (χ0) is 14.4. The monoisotopic (exact) mass is 261 g/mol. The number of hydrogen-bond acceptors (Lipinski definition) is 3. The molecule has 1 aromatic heterocycles. The van der Waals surface area contributed by atoms with Crippen molar-refractivity contribution in [1.29, 1.82) is 0 Å². The number of nitrogens with zero attached hydrogens (tertiary/aromatic N) is 3. The first kappa shape index (κ1) is 14.9. The molecule has 0 bridgehead atoms. The van der Waals surface area contributed by atoms with E-state index in [1.54, 1.807) is 10.8 Å². The molecular formula is C14H19N3O2. The van der Waals surface area contributed by atoms with E-state index in [1.165, 1.54) is 13.0 Å². The van der Waals surface area contributed by atoms with Gasteiger partial charge in [0.1, 0.15) is 0 Å². The van der Waals surface area contributed by atoms with E-state index in [4.69, 9.17) is 0 Å². The van der Waals surface area contributed by atoms with Crippen molar-refractivity contribution in [3.63, 3.8) is 0 Å². The van der Waals surface area contributed by atoms with Gasteiger partial charge in [0.05, 0.1) is 10.6 Å². The summed E-state index contributed by atoms with van der Waals surface area (Å²) < 4.78 is 1.75. The van der Waals surface area contributed by atoms with Gasteiger partial charge in [0.2, 0.25) is 5.70 Å². The van der Waals surface area contributed by atoms with Gasteiger partial charge in [-0.3, -0.25) is 10.1 Å². The Hall–Kier alpha value is -2.17. The summed E-state index contributed by atoms with van der Waals surface area (Å²) >= 11 is 0. The Bertz CT molecular complexity index is 537. The molecule has 19 heavy (non-hydrogen) atoms. The number of allylic oxidation sites excluding steroid dienone is 5. The lowest BCUT2D eigenvalue weighted by molar-refractivity contribution is -0.424. The lowest BCUT2D eigenvalue weighted by atomic mass is 10.1. The van der Waals surface area contributed by atoms with Crippen LogP contribution in [0.3, 0.4) is 0 Å². The molecule has 0 fully saturated rings. The predicted octanol–water partition coefficient (Wildman–Crippen LogP) is 3.59. The van der Waals surface area contributed by atoms with Crippen molar-refractivity contribution in [2.24, 2.45) is 5.92 Å². The molecule has 0 saturated carbocycles. The van der Waals surface area contributed by atoms with Gasteiger partial charge in [0.25, 0.3) is 0 Å². The first-order chi connectivity index (χ1) is 8.95. The van der Waals surface area contributed by atoms with Gasteiger partial charge in [-0.1, -0.05) is 19.9 Å². The van der Waals surface area contributed by atoms with E-state index in [1.807, 2.05) is 45.2 Å². The molecule has 1 aromatic rings. The van der Waals surface area contributed by atoms with Crippen molar-refractivity contribution in [2.45, 2.75) is 27.7 Å². The van der Waals surface area contributed by atoms with Crippen LogP contribution in [0.2, 0.25) is 0 Å². The summed E-state index contributed by atoms with van der Waals surface area (Å²) in [6, 6.07) is 1.90. The molecule has 1 rings (SSSR count). The topological polar surface area (TPSA) is 61.0 Å². The molecule has 0 unspecified atom stereocenters. The van der Waals surface area contributed by atoms with Gasteiger partial charge in [-0.05, 0) is 31.1 Å². The molecular weight excluding hydrogens is 242 g/mol. The summed E-state index contributed by atoms with van der Waals surface area (Å²) in [5.41, 5.74) is 1.89. The molecule has 0 spiro atoms. The van der Waals surface area contributed by atoms with Crippen molar-refractivity contribution >= 4 is 11.8 Å². The van der Waals surface area contributed by atoms with Gasteiger partial charge < -0.3 is 0 Å². The fourth-order valence-corrected chi connectivity index (χ4v) is 1.54. The average Bonchev–Trinajstić information content (AvgIpc) is 2.77. The van der Waals surface area contributed by atoms with Gasteiger partial charge in [-0.15, -0.1) is 0 Å². The number of rotatable bonds is 5. The van der Waals surface area contributed by atoms with E-state index in [0.717, 1.165) is 11.4 Å². The molecule has 0 amide bonds. The van der Waals surface area contributed by atoms with E-state index in [9.17, 15) is 10.1 Å². The normalized spacial score (nSPS) is 13.5. The summed E-state index contributed by atoms with van der Waals surface area (Å²) in [6.45, 7) is 7.46. The van der Waals surface area contributed by atoms with Crippen LogP contribution in [0, 0.1) is 16.0 Å². The second-order valence-corrected chi connectivity index (χ2v) is 4.50. The highest BCUT2D eigenvalue weighted by molar-refractivity contribution is 5.51. The van der Waals surface area contributed by atoms with Crippen LogP contribution in [0.15, 0.2) is 36.2 Å². The van der Waals surface area contributed by atoms with E-state index >= 15 is 0 Å². The predicted molar refractivity (Wildman–Crippen MR) is 76.8 cm³/mol. The third kappa shape index (κ3) is 4.21. The quantitative estimate of drug-likeness (QED) is 0.462. The minimum Gasteiger partial charge on any atom is -0.259 e. The Morgan fingerprint density at radius 3 is 2.68 bits per heavy atom. The maximum absolute atomic E-state index is 10.6. The van der Waals surface area contributed by atoms with Crippen LogP contribution in [0.1, 0.15) is 33.4 Å². The Morgan fingerprint density at radius 2 is 2.16 bits per heavy atom. The lowest BCUT2D eigenvalue weighted by Crippen LogP contribution is -2.04. The van der Waals surface area contributed by atoms with Crippen LogP contribution in [-0.2, 0) is 0 Å². The van der Waals surface area contributed by atoms with Gasteiger partial charge in [-0.2, -0.15) is 5.10 Å². The molecule has 0 radical (unpaired) electrons. The van der Waals surface area contributed by atoms with Gasteiger partial charge in [0, 0.05) is 24.9 Å². The number of hydrogen-bond donors (Lipinski definition) is 0. The van der Waals surface area contributed by atoms with Gasteiger partial charge in [-0.25, -0.2) is 4.68 Å². The van der Waals surface area contributed by atoms with Gasteiger partial charge in [0.15, 0.2) is 0 Å². The zero-order valence-electron chi connectivity index (χ0n) is 11.7. The molecule has 0 aromatic carbocycles. The van der Waals surface area contributed by atoms with Crippen LogP contribution >= 0.6 is 0 Å². The second-order valence-electron chi connectivity index (χ2n) is 4.50. The van der Waals surface area contributed by atoms with Gasteiger partial charge >= 0.3 is 0 Å². The Morgan fingerprint density at radius 1 is 1.47 bits per heavy atom. The lowest BCUT2D eigenvalue weighted by Gasteiger charge is -2.10. The third-order valence-corrected chi connectivity index (χ3v) is 2.59. The average molecular weight is 261 g/mol. The Labute approximate surface area is 113 Å². The number of nitro groups is 1. The molecule has 1 heterocycles. The molecule has 0 N–H and O–H groups in total. The molecule has 0 saturated heterocycles. The summed E-state index contributed by atoms with van der Waals surface area (Å²) in [4.78, 5) is 10.2. The van der Waals surface area contributed by atoms with E-state index < -0.39 is 4.92 Å². The maximum Gasteiger partial charge on any atom is 0.243 e. The fourth-order valence-electron chi connectivity index (χ4n) is 1.54. The van der Waals surface area contributed by atoms with Crippen LogP contribution in [0.25, 0.3) is 11.8 Å². The Kier molecular flexibility index (Phi) is 5.23. The number of aromatic nitrogens is 2. The summed E-state index contributed by atoms with van der Waals surface area (Å²) in [5, 5.41) is 15.0.